The highest BCUT2D eigenvalue weighted by molar-refractivity contribution is 7.18. The Hall–Kier alpha value is -0.880. The third-order valence-corrected chi connectivity index (χ3v) is 3.93. The zero-order valence-electron chi connectivity index (χ0n) is 11.7. The van der Waals surface area contributed by atoms with Crippen LogP contribution in [0.4, 0.5) is 0 Å². The minimum atomic E-state index is 0. The van der Waals surface area contributed by atoms with Crippen LogP contribution in [-0.2, 0) is 11.2 Å². The van der Waals surface area contributed by atoms with Gasteiger partial charge >= 0.3 is 0 Å². The van der Waals surface area contributed by atoms with Crippen molar-refractivity contribution < 1.29 is 4.79 Å². The number of para-hydroxylation sites is 1. The van der Waals surface area contributed by atoms with Gasteiger partial charge in [-0.3, -0.25) is 4.79 Å². The van der Waals surface area contributed by atoms with E-state index < -0.39 is 0 Å². The van der Waals surface area contributed by atoms with Crippen LogP contribution in [0.5, 0.6) is 0 Å². The highest BCUT2D eigenvalue weighted by Gasteiger charge is 2.05. The molecule has 1 heterocycles. The molecule has 0 fully saturated rings. The molecule has 118 valence electrons. The monoisotopic (exact) mass is 349 g/mol. The van der Waals surface area contributed by atoms with Gasteiger partial charge in [0.1, 0.15) is 0 Å². The molecule has 0 saturated carbocycles. The molecule has 0 bridgehead atoms. The fourth-order valence-corrected chi connectivity index (χ4v) is 2.85. The Kier molecular flexibility index (Phi) is 10.3. The van der Waals surface area contributed by atoms with Crippen molar-refractivity contribution in [3.63, 3.8) is 0 Å². The molecule has 0 aliphatic rings. The molecule has 0 radical (unpaired) electrons. The van der Waals surface area contributed by atoms with Crippen LogP contribution in [0.15, 0.2) is 24.3 Å². The lowest BCUT2D eigenvalue weighted by Gasteiger charge is -2.02. The first-order chi connectivity index (χ1) is 9.29. The topological polar surface area (TPSA) is 68.0 Å². The molecule has 0 saturated heterocycles. The molecular formula is C14H21Cl2N3OS. The van der Waals surface area contributed by atoms with Crippen LogP contribution in [0, 0.1) is 0 Å². The zero-order chi connectivity index (χ0) is 13.5. The van der Waals surface area contributed by atoms with Gasteiger partial charge in [0, 0.05) is 13.0 Å². The number of nitrogens with one attached hydrogen (secondary N) is 1. The van der Waals surface area contributed by atoms with Gasteiger partial charge < -0.3 is 11.1 Å². The number of hydrogen-bond donors (Lipinski definition) is 2. The van der Waals surface area contributed by atoms with E-state index in [9.17, 15) is 4.79 Å². The first kappa shape index (κ1) is 20.1. The molecule has 1 aromatic carbocycles. The van der Waals surface area contributed by atoms with E-state index in [1.807, 2.05) is 18.2 Å². The largest absolute Gasteiger partial charge is 0.356 e. The van der Waals surface area contributed by atoms with Gasteiger partial charge in [-0.15, -0.1) is 36.2 Å². The van der Waals surface area contributed by atoms with Crippen molar-refractivity contribution in [1.82, 2.24) is 10.3 Å². The predicted molar refractivity (Wildman–Crippen MR) is 93.7 cm³/mol. The summed E-state index contributed by atoms with van der Waals surface area (Å²) in [5.74, 6) is 0.106. The molecule has 0 spiro atoms. The maximum absolute atomic E-state index is 11.5. The third-order valence-electron chi connectivity index (χ3n) is 2.84. The van der Waals surface area contributed by atoms with E-state index in [4.69, 9.17) is 5.73 Å². The van der Waals surface area contributed by atoms with Crippen LogP contribution < -0.4 is 11.1 Å². The van der Waals surface area contributed by atoms with Crippen LogP contribution in [-0.4, -0.2) is 24.0 Å². The van der Waals surface area contributed by atoms with E-state index in [0.29, 0.717) is 19.5 Å². The maximum atomic E-state index is 11.5. The van der Waals surface area contributed by atoms with Crippen LogP contribution in [0.3, 0.4) is 0 Å². The van der Waals surface area contributed by atoms with E-state index in [-0.39, 0.29) is 30.7 Å². The number of carbonyl (C=O) groups is 1. The normalized spacial score (nSPS) is 9.76. The van der Waals surface area contributed by atoms with Crippen molar-refractivity contribution in [3.8, 4) is 0 Å². The van der Waals surface area contributed by atoms with Crippen LogP contribution in [0.2, 0.25) is 0 Å². The lowest BCUT2D eigenvalue weighted by atomic mass is 10.2. The van der Waals surface area contributed by atoms with Crippen molar-refractivity contribution in [2.24, 2.45) is 5.73 Å². The molecule has 0 aliphatic heterocycles. The number of nitrogens with zero attached hydrogens (tertiary/aromatic N) is 1. The summed E-state index contributed by atoms with van der Waals surface area (Å²) in [6.07, 6.45) is 3.10. The number of carbonyl (C=O) groups excluding carboxylic acids is 1. The van der Waals surface area contributed by atoms with Gasteiger partial charge in [0.15, 0.2) is 0 Å². The first-order valence-corrected chi connectivity index (χ1v) is 7.42. The maximum Gasteiger partial charge on any atom is 0.220 e. The van der Waals surface area contributed by atoms with E-state index in [2.05, 4.69) is 16.4 Å². The molecular weight excluding hydrogens is 329 g/mol. The lowest BCUT2D eigenvalue weighted by molar-refractivity contribution is -0.121. The van der Waals surface area contributed by atoms with Gasteiger partial charge in [0.05, 0.1) is 15.2 Å². The van der Waals surface area contributed by atoms with Crippen LogP contribution in [0.1, 0.15) is 24.3 Å². The number of aryl methyl sites for hydroxylation is 1. The lowest BCUT2D eigenvalue weighted by Crippen LogP contribution is -2.25. The Morgan fingerprint density at radius 3 is 2.71 bits per heavy atom. The number of rotatable bonds is 7. The Morgan fingerprint density at radius 1 is 1.24 bits per heavy atom. The molecule has 21 heavy (non-hydrogen) atoms. The van der Waals surface area contributed by atoms with Gasteiger partial charge in [0.2, 0.25) is 5.91 Å². The first-order valence-electron chi connectivity index (χ1n) is 6.61. The average Bonchev–Trinajstić information content (AvgIpc) is 2.81. The summed E-state index contributed by atoms with van der Waals surface area (Å²) in [7, 11) is 0. The van der Waals surface area contributed by atoms with E-state index in [0.717, 1.165) is 29.8 Å². The van der Waals surface area contributed by atoms with Gasteiger partial charge in [-0.05, 0) is 37.9 Å². The summed E-state index contributed by atoms with van der Waals surface area (Å²) in [6.45, 7) is 1.29. The van der Waals surface area contributed by atoms with Crippen molar-refractivity contribution in [2.45, 2.75) is 25.7 Å². The molecule has 2 aromatic rings. The van der Waals surface area contributed by atoms with Crippen molar-refractivity contribution in [3.05, 3.63) is 29.3 Å². The Morgan fingerprint density at radius 2 is 2.00 bits per heavy atom. The minimum absolute atomic E-state index is 0. The average molecular weight is 350 g/mol. The fraction of sp³-hybridized carbons (Fsp3) is 0.429. The highest BCUT2D eigenvalue weighted by Crippen LogP contribution is 2.22. The summed E-state index contributed by atoms with van der Waals surface area (Å²) in [5, 5.41) is 3.97. The molecule has 2 rings (SSSR count). The second-order valence-electron chi connectivity index (χ2n) is 4.42. The second kappa shape index (κ2) is 10.8. The Labute approximate surface area is 141 Å². The Balaban J connectivity index is 0.00000200. The highest BCUT2D eigenvalue weighted by atomic mass is 35.5. The van der Waals surface area contributed by atoms with E-state index >= 15 is 0 Å². The van der Waals surface area contributed by atoms with Crippen LogP contribution >= 0.6 is 36.2 Å². The number of nitrogens with two attached hydrogens (primary N) is 1. The smallest absolute Gasteiger partial charge is 0.220 e. The number of thiazole rings is 1. The molecule has 0 unspecified atom stereocenters. The van der Waals surface area contributed by atoms with E-state index in [1.54, 1.807) is 11.3 Å². The number of benzene rings is 1. The van der Waals surface area contributed by atoms with Gasteiger partial charge in [0.25, 0.3) is 0 Å². The Bertz CT molecular complexity index is 515. The molecule has 0 atom stereocenters. The van der Waals surface area contributed by atoms with Crippen LogP contribution in [0.25, 0.3) is 10.2 Å². The standard InChI is InChI=1S/C14H19N3OS.2ClH/c15-9-4-10-16-13(18)7-3-8-14-17-11-5-1-2-6-12(11)19-14;;/h1-2,5-6H,3-4,7-10,15H2,(H,16,18);2*1H. The minimum Gasteiger partial charge on any atom is -0.356 e. The number of amides is 1. The summed E-state index contributed by atoms with van der Waals surface area (Å²) < 4.78 is 1.21. The summed E-state index contributed by atoms with van der Waals surface area (Å²) in [5.41, 5.74) is 6.42. The summed E-state index contributed by atoms with van der Waals surface area (Å²) in [6, 6.07) is 8.12. The van der Waals surface area contributed by atoms with Gasteiger partial charge in [-0.1, -0.05) is 12.1 Å². The third kappa shape index (κ3) is 6.61. The number of hydrogen-bond acceptors (Lipinski definition) is 4. The molecule has 7 heteroatoms. The fourth-order valence-electron chi connectivity index (χ4n) is 1.85. The van der Waals surface area contributed by atoms with Crippen molar-refractivity contribution in [1.29, 1.82) is 0 Å². The molecule has 1 aromatic heterocycles. The quantitative estimate of drug-likeness (QED) is 0.755. The number of halogens is 2. The van der Waals surface area contributed by atoms with Crippen molar-refractivity contribution >= 4 is 52.3 Å². The van der Waals surface area contributed by atoms with Gasteiger partial charge in [-0.2, -0.15) is 0 Å². The van der Waals surface area contributed by atoms with Gasteiger partial charge in [-0.25, -0.2) is 4.98 Å². The van der Waals surface area contributed by atoms with E-state index in [1.165, 1.54) is 4.70 Å². The SMILES string of the molecule is Cl.Cl.NCCCNC(=O)CCCc1nc2ccccc2s1. The molecule has 3 N–H and O–H groups in total. The molecule has 0 aliphatic carbocycles. The summed E-state index contributed by atoms with van der Waals surface area (Å²) >= 11 is 1.71. The summed E-state index contributed by atoms with van der Waals surface area (Å²) in [4.78, 5) is 16.1. The second-order valence-corrected chi connectivity index (χ2v) is 5.54. The number of fused-ring (bicyclic) bond motifs is 1. The number of aromatic nitrogens is 1. The molecule has 4 nitrogen and oxygen atoms in total. The van der Waals surface area contributed by atoms with Crippen molar-refractivity contribution in [2.75, 3.05) is 13.1 Å². The molecule has 1 amide bonds. The zero-order valence-corrected chi connectivity index (χ0v) is 14.2. The predicted octanol–water partition coefficient (Wildman–Crippen LogP) is 2.93.